The van der Waals surface area contributed by atoms with Crippen LogP contribution >= 0.6 is 0 Å². The number of nitrogens with zero attached hydrogens (tertiary/aromatic N) is 3. The normalized spacial score (nSPS) is 17.2. The second-order valence-electron chi connectivity index (χ2n) is 11.6. The summed E-state index contributed by atoms with van der Waals surface area (Å²) in [5, 5.41) is 3.43. The lowest BCUT2D eigenvalue weighted by Gasteiger charge is -2.40. The van der Waals surface area contributed by atoms with Gasteiger partial charge in [0.05, 0.1) is 5.56 Å². The summed E-state index contributed by atoms with van der Waals surface area (Å²) in [5.74, 6) is -0.126. The van der Waals surface area contributed by atoms with Crippen molar-refractivity contribution in [1.82, 2.24) is 14.8 Å². The van der Waals surface area contributed by atoms with E-state index in [2.05, 4.69) is 15.2 Å². The Labute approximate surface area is 246 Å². The number of pyridine rings is 1. The number of rotatable bonds is 8. The van der Waals surface area contributed by atoms with Crippen LogP contribution in [0, 0.1) is 13.8 Å². The van der Waals surface area contributed by atoms with Gasteiger partial charge in [-0.25, -0.2) is 0 Å². The van der Waals surface area contributed by atoms with Crippen LogP contribution in [0.5, 0.6) is 0 Å². The fourth-order valence-corrected chi connectivity index (χ4v) is 6.23. The molecule has 2 aromatic carbocycles. The third-order valence-corrected chi connectivity index (χ3v) is 8.40. The van der Waals surface area contributed by atoms with Crippen LogP contribution in [0.25, 0.3) is 6.08 Å². The number of likely N-dealkylation sites (tertiary alicyclic amines) is 1. The number of nitrogens with one attached hydrogen (secondary N) is 1. The quantitative estimate of drug-likeness (QED) is 0.277. The molecule has 1 aliphatic carbocycles. The van der Waals surface area contributed by atoms with Crippen molar-refractivity contribution in [3.05, 3.63) is 94.8 Å². The van der Waals surface area contributed by atoms with Gasteiger partial charge in [-0.15, -0.1) is 0 Å². The lowest BCUT2D eigenvalue weighted by atomic mass is 9.99. The number of hydrogen-bond acceptors (Lipinski definition) is 4. The van der Waals surface area contributed by atoms with Crippen LogP contribution in [-0.4, -0.2) is 45.9 Å². The van der Waals surface area contributed by atoms with Gasteiger partial charge >= 0.3 is 6.18 Å². The van der Waals surface area contributed by atoms with Gasteiger partial charge in [0.2, 0.25) is 5.91 Å². The average Bonchev–Trinajstić information content (AvgIpc) is 3.50. The van der Waals surface area contributed by atoms with E-state index in [0.29, 0.717) is 18.2 Å². The van der Waals surface area contributed by atoms with E-state index >= 15 is 0 Å². The number of hydrogen-bond donors (Lipinski definition) is 1. The molecular weight excluding hydrogens is 537 g/mol. The maximum atomic E-state index is 13.6. The van der Waals surface area contributed by atoms with Crippen LogP contribution in [0.3, 0.4) is 0 Å². The second-order valence-corrected chi connectivity index (χ2v) is 11.6. The first kappa shape index (κ1) is 29.8. The zero-order valence-electron chi connectivity index (χ0n) is 24.3. The van der Waals surface area contributed by atoms with Crippen LogP contribution in [0.2, 0.25) is 0 Å². The van der Waals surface area contributed by atoms with Crippen molar-refractivity contribution in [1.29, 1.82) is 0 Å². The number of piperidine rings is 1. The van der Waals surface area contributed by atoms with Gasteiger partial charge in [-0.2, -0.15) is 13.2 Å². The fraction of sp³-hybridized carbons (Fsp3) is 0.412. The summed E-state index contributed by atoms with van der Waals surface area (Å²) < 4.78 is 38.9. The molecule has 222 valence electrons. The largest absolute Gasteiger partial charge is 0.416 e. The summed E-state index contributed by atoms with van der Waals surface area (Å²) >= 11 is 0. The summed E-state index contributed by atoms with van der Waals surface area (Å²) in [6.45, 7) is 6.37. The second kappa shape index (κ2) is 13.1. The molecule has 3 aromatic rings. The molecule has 8 heteroatoms. The topological polar surface area (TPSA) is 48.5 Å². The Balaban J connectivity index is 1.29. The van der Waals surface area contributed by atoms with Crippen LogP contribution < -0.4 is 5.32 Å². The van der Waals surface area contributed by atoms with E-state index in [1.807, 2.05) is 55.1 Å². The maximum Gasteiger partial charge on any atom is 0.416 e. The SMILES string of the molecule is Cc1cc(Nc2ccc(CN(C(=O)/C=C/c3ccc(C(F)(F)F)cc3)C3CCN(C4CCCC4)CC3)cc2)cc(C)n1. The number of carbonyl (C=O) groups excluding carboxylic acids is 1. The zero-order chi connectivity index (χ0) is 29.7. The Morgan fingerprint density at radius 1 is 0.929 bits per heavy atom. The molecule has 5 rings (SSSR count). The van der Waals surface area contributed by atoms with E-state index in [0.717, 1.165) is 66.4 Å². The summed E-state index contributed by atoms with van der Waals surface area (Å²) in [7, 11) is 0. The first-order valence-electron chi connectivity index (χ1n) is 14.9. The Morgan fingerprint density at radius 3 is 2.14 bits per heavy atom. The molecule has 1 saturated heterocycles. The fourth-order valence-electron chi connectivity index (χ4n) is 6.23. The number of aryl methyl sites for hydroxylation is 2. The summed E-state index contributed by atoms with van der Waals surface area (Å²) in [6.07, 6.45) is 5.68. The molecule has 1 aliphatic heterocycles. The van der Waals surface area contributed by atoms with Crippen molar-refractivity contribution in [3.63, 3.8) is 0 Å². The predicted molar refractivity (Wildman–Crippen MR) is 161 cm³/mol. The van der Waals surface area contributed by atoms with Crippen molar-refractivity contribution in [2.45, 2.75) is 77.2 Å². The Hall–Kier alpha value is -3.65. The number of carbonyl (C=O) groups is 1. The summed E-state index contributed by atoms with van der Waals surface area (Å²) in [4.78, 5) is 22.5. The number of halogens is 3. The Kier molecular flexibility index (Phi) is 9.31. The molecule has 0 unspecified atom stereocenters. The van der Waals surface area contributed by atoms with E-state index in [9.17, 15) is 18.0 Å². The molecular formula is C34H39F3N4O. The molecule has 2 fully saturated rings. The van der Waals surface area contributed by atoms with E-state index in [-0.39, 0.29) is 11.9 Å². The van der Waals surface area contributed by atoms with Crippen LogP contribution in [0.1, 0.15) is 66.6 Å². The van der Waals surface area contributed by atoms with E-state index < -0.39 is 11.7 Å². The summed E-state index contributed by atoms with van der Waals surface area (Å²) in [6, 6.07) is 17.8. The molecule has 0 bridgehead atoms. The van der Waals surface area contributed by atoms with Gasteiger partial charge in [-0.3, -0.25) is 9.78 Å². The van der Waals surface area contributed by atoms with E-state index in [1.165, 1.54) is 43.9 Å². The van der Waals surface area contributed by atoms with Gasteiger partial charge in [0, 0.05) is 60.6 Å². The highest BCUT2D eigenvalue weighted by molar-refractivity contribution is 5.92. The summed E-state index contributed by atoms with van der Waals surface area (Å²) in [5.41, 5.74) is 4.72. The lowest BCUT2D eigenvalue weighted by Crippen LogP contribution is -2.48. The van der Waals surface area contributed by atoms with Crippen LogP contribution in [-0.2, 0) is 17.5 Å². The molecule has 1 saturated carbocycles. The number of anilines is 2. The van der Waals surface area contributed by atoms with E-state index in [1.54, 1.807) is 6.08 Å². The molecule has 2 heterocycles. The molecule has 5 nitrogen and oxygen atoms in total. The van der Waals surface area contributed by atoms with Crippen molar-refractivity contribution in [2.75, 3.05) is 18.4 Å². The minimum absolute atomic E-state index is 0.105. The first-order chi connectivity index (χ1) is 20.1. The highest BCUT2D eigenvalue weighted by atomic mass is 19.4. The Morgan fingerprint density at radius 2 is 1.55 bits per heavy atom. The molecule has 0 radical (unpaired) electrons. The number of alkyl halides is 3. The molecule has 1 aromatic heterocycles. The number of benzene rings is 2. The molecule has 0 spiro atoms. The van der Waals surface area contributed by atoms with Crippen molar-refractivity contribution < 1.29 is 18.0 Å². The van der Waals surface area contributed by atoms with Gasteiger partial charge < -0.3 is 15.1 Å². The standard InChI is InChI=1S/C34H39F3N4O/c1-24-21-30(22-25(2)38-24)39-29-14-9-27(10-15-29)23-41(32-17-19-40(20-18-32)31-5-3-4-6-31)33(42)16-11-26-7-12-28(13-8-26)34(35,36)37/h7-16,21-22,31-32H,3-6,17-20,23H2,1-2H3,(H,38,39)/b16-11+. The maximum absolute atomic E-state index is 13.6. The number of amides is 1. The van der Waals surface area contributed by atoms with Gasteiger partial charge in [-0.1, -0.05) is 37.1 Å². The minimum atomic E-state index is -4.39. The van der Waals surface area contributed by atoms with Gasteiger partial charge in [0.1, 0.15) is 0 Å². The molecule has 1 amide bonds. The van der Waals surface area contributed by atoms with Gasteiger partial charge in [0.15, 0.2) is 0 Å². The average molecular weight is 577 g/mol. The smallest absolute Gasteiger partial charge is 0.355 e. The number of aromatic nitrogens is 1. The monoisotopic (exact) mass is 576 g/mol. The molecule has 0 atom stereocenters. The predicted octanol–water partition coefficient (Wildman–Crippen LogP) is 7.91. The van der Waals surface area contributed by atoms with Crippen LogP contribution in [0.15, 0.2) is 66.7 Å². The first-order valence-corrected chi connectivity index (χ1v) is 14.9. The zero-order valence-corrected chi connectivity index (χ0v) is 24.3. The van der Waals surface area contributed by atoms with Crippen molar-refractivity contribution in [2.24, 2.45) is 0 Å². The van der Waals surface area contributed by atoms with Crippen molar-refractivity contribution >= 4 is 23.4 Å². The van der Waals surface area contributed by atoms with Gasteiger partial charge in [-0.05, 0) is 93.1 Å². The molecule has 42 heavy (non-hydrogen) atoms. The highest BCUT2D eigenvalue weighted by Crippen LogP contribution is 2.30. The van der Waals surface area contributed by atoms with Crippen LogP contribution in [0.4, 0.5) is 24.5 Å². The van der Waals surface area contributed by atoms with Crippen molar-refractivity contribution in [3.8, 4) is 0 Å². The third-order valence-electron chi connectivity index (χ3n) is 8.40. The third kappa shape index (κ3) is 7.79. The van der Waals surface area contributed by atoms with E-state index in [4.69, 9.17) is 0 Å². The minimum Gasteiger partial charge on any atom is -0.355 e. The Bertz CT molecular complexity index is 1350. The van der Waals surface area contributed by atoms with Gasteiger partial charge in [0.25, 0.3) is 0 Å². The molecule has 1 N–H and O–H groups in total. The molecule has 2 aliphatic rings. The highest BCUT2D eigenvalue weighted by Gasteiger charge is 2.32. The lowest BCUT2D eigenvalue weighted by molar-refractivity contribution is -0.137.